The van der Waals surface area contributed by atoms with E-state index in [0.29, 0.717) is 0 Å². The number of rotatable bonds is 0. The molecule has 1 heterocycles. The van der Waals surface area contributed by atoms with Gasteiger partial charge in [-0.25, -0.2) is 8.78 Å². The lowest BCUT2D eigenvalue weighted by molar-refractivity contribution is 0.567. The quantitative estimate of drug-likeness (QED) is 0.568. The Morgan fingerprint density at radius 1 is 0.909 bits per heavy atom. The molecule has 1 aromatic carbocycles. The molecule has 2 rings (SSSR count). The van der Waals surface area contributed by atoms with Crippen molar-refractivity contribution in [3.63, 3.8) is 0 Å². The molecule has 1 nitrogen and oxygen atoms in total. The Labute approximate surface area is 61.2 Å². The Morgan fingerprint density at radius 2 is 1.36 bits per heavy atom. The van der Waals surface area contributed by atoms with Crippen molar-refractivity contribution in [1.82, 2.24) is 0 Å². The van der Waals surface area contributed by atoms with E-state index in [1.165, 1.54) is 12.5 Å². The van der Waals surface area contributed by atoms with Crippen LogP contribution in [0.5, 0.6) is 0 Å². The summed E-state index contributed by atoms with van der Waals surface area (Å²) in [7, 11) is 0. The molecule has 11 heavy (non-hydrogen) atoms. The molecule has 0 spiro atoms. The van der Waals surface area contributed by atoms with E-state index in [9.17, 15) is 8.78 Å². The molecular weight excluding hydrogens is 150 g/mol. The fourth-order valence-electron chi connectivity index (χ4n) is 0.993. The molecule has 56 valence electrons. The van der Waals surface area contributed by atoms with Gasteiger partial charge in [-0.05, 0) is 12.1 Å². The number of halogens is 2. The van der Waals surface area contributed by atoms with Gasteiger partial charge in [0.2, 0.25) is 0 Å². The first-order valence-electron chi connectivity index (χ1n) is 3.09. The van der Waals surface area contributed by atoms with Crippen molar-refractivity contribution in [2.45, 2.75) is 0 Å². The summed E-state index contributed by atoms with van der Waals surface area (Å²) in [5, 5.41) is 0.370. The zero-order valence-electron chi connectivity index (χ0n) is 5.47. The van der Waals surface area contributed by atoms with Crippen molar-refractivity contribution in [3.05, 3.63) is 36.3 Å². The highest BCUT2D eigenvalue weighted by molar-refractivity contribution is 5.82. The standard InChI is InChI=1S/C8H4F2O/c9-7-1-2-8(10)6-4-11-3-5(6)7/h1-4H. The summed E-state index contributed by atoms with van der Waals surface area (Å²) in [6.07, 6.45) is 2.38. The van der Waals surface area contributed by atoms with Crippen molar-refractivity contribution in [2.75, 3.05) is 0 Å². The van der Waals surface area contributed by atoms with Gasteiger partial charge in [-0.2, -0.15) is 0 Å². The molecule has 0 amide bonds. The van der Waals surface area contributed by atoms with Gasteiger partial charge in [0.25, 0.3) is 0 Å². The van der Waals surface area contributed by atoms with Crippen LogP contribution in [0.2, 0.25) is 0 Å². The smallest absolute Gasteiger partial charge is 0.134 e. The van der Waals surface area contributed by atoms with Crippen LogP contribution in [0.1, 0.15) is 0 Å². The second-order valence-corrected chi connectivity index (χ2v) is 2.23. The molecular formula is C8H4F2O. The molecule has 0 aliphatic heterocycles. The van der Waals surface area contributed by atoms with Gasteiger partial charge >= 0.3 is 0 Å². The number of hydrogen-bond donors (Lipinski definition) is 0. The summed E-state index contributed by atoms with van der Waals surface area (Å²) >= 11 is 0. The van der Waals surface area contributed by atoms with E-state index in [1.54, 1.807) is 0 Å². The van der Waals surface area contributed by atoms with Crippen molar-refractivity contribution >= 4 is 10.8 Å². The van der Waals surface area contributed by atoms with Crippen molar-refractivity contribution in [1.29, 1.82) is 0 Å². The maximum atomic E-state index is 12.8. The normalized spacial score (nSPS) is 10.7. The van der Waals surface area contributed by atoms with Gasteiger partial charge in [-0.15, -0.1) is 0 Å². The SMILES string of the molecule is Fc1ccc(F)c2cocc12. The molecule has 0 bridgehead atoms. The summed E-state index contributed by atoms with van der Waals surface area (Å²) in [5.74, 6) is -0.926. The van der Waals surface area contributed by atoms with E-state index >= 15 is 0 Å². The molecule has 0 radical (unpaired) electrons. The van der Waals surface area contributed by atoms with Gasteiger partial charge < -0.3 is 4.42 Å². The Morgan fingerprint density at radius 3 is 1.82 bits per heavy atom. The Bertz CT molecular complexity index is 356. The average molecular weight is 154 g/mol. The van der Waals surface area contributed by atoms with E-state index in [-0.39, 0.29) is 10.8 Å². The molecule has 1 aromatic heterocycles. The third kappa shape index (κ3) is 0.808. The Hall–Kier alpha value is -1.38. The van der Waals surface area contributed by atoms with Crippen LogP contribution in [-0.2, 0) is 0 Å². The van der Waals surface area contributed by atoms with E-state index < -0.39 is 11.6 Å². The third-order valence-electron chi connectivity index (χ3n) is 1.55. The molecule has 2 aromatic rings. The summed E-state index contributed by atoms with van der Waals surface area (Å²) in [4.78, 5) is 0. The van der Waals surface area contributed by atoms with Crippen LogP contribution in [0.15, 0.2) is 29.1 Å². The topological polar surface area (TPSA) is 13.1 Å². The average Bonchev–Trinajstić information content (AvgIpc) is 2.45. The highest BCUT2D eigenvalue weighted by atomic mass is 19.1. The van der Waals surface area contributed by atoms with Gasteiger partial charge in [-0.3, -0.25) is 0 Å². The molecule has 0 saturated heterocycles. The van der Waals surface area contributed by atoms with E-state index in [4.69, 9.17) is 0 Å². The molecule has 0 fully saturated rings. The van der Waals surface area contributed by atoms with Crippen LogP contribution in [0.25, 0.3) is 10.8 Å². The van der Waals surface area contributed by atoms with E-state index in [1.807, 2.05) is 0 Å². The minimum Gasteiger partial charge on any atom is -0.471 e. The van der Waals surface area contributed by atoms with Gasteiger partial charge in [0.1, 0.15) is 24.2 Å². The van der Waals surface area contributed by atoms with Gasteiger partial charge in [0, 0.05) is 0 Å². The second-order valence-electron chi connectivity index (χ2n) is 2.23. The number of benzene rings is 1. The van der Waals surface area contributed by atoms with Crippen molar-refractivity contribution < 1.29 is 13.2 Å². The molecule has 0 aliphatic carbocycles. The Balaban J connectivity index is 2.96. The largest absolute Gasteiger partial charge is 0.471 e. The highest BCUT2D eigenvalue weighted by Crippen LogP contribution is 2.21. The fraction of sp³-hybridized carbons (Fsp3) is 0. The van der Waals surface area contributed by atoms with Gasteiger partial charge in [-0.1, -0.05) is 0 Å². The predicted molar refractivity (Wildman–Crippen MR) is 36.1 cm³/mol. The van der Waals surface area contributed by atoms with Crippen molar-refractivity contribution in [3.8, 4) is 0 Å². The van der Waals surface area contributed by atoms with Crippen LogP contribution in [0.4, 0.5) is 8.78 Å². The summed E-state index contributed by atoms with van der Waals surface area (Å²) in [5.41, 5.74) is 0. The molecule has 3 heteroatoms. The molecule has 0 unspecified atom stereocenters. The maximum Gasteiger partial charge on any atom is 0.134 e. The summed E-state index contributed by atoms with van der Waals surface area (Å²) in [6, 6.07) is 2.15. The van der Waals surface area contributed by atoms with Crippen LogP contribution in [0, 0.1) is 11.6 Å². The second kappa shape index (κ2) is 2.05. The number of hydrogen-bond acceptors (Lipinski definition) is 1. The lowest BCUT2D eigenvalue weighted by Crippen LogP contribution is -1.78. The minimum atomic E-state index is -0.463. The molecule has 0 N–H and O–H groups in total. The molecule has 0 atom stereocenters. The lowest BCUT2D eigenvalue weighted by Gasteiger charge is -1.90. The lowest BCUT2D eigenvalue weighted by atomic mass is 10.2. The van der Waals surface area contributed by atoms with Crippen LogP contribution < -0.4 is 0 Å². The number of fused-ring (bicyclic) bond motifs is 1. The van der Waals surface area contributed by atoms with Gasteiger partial charge in [0.05, 0.1) is 10.8 Å². The number of furan rings is 1. The zero-order chi connectivity index (χ0) is 7.84. The first-order chi connectivity index (χ1) is 5.29. The van der Waals surface area contributed by atoms with Crippen LogP contribution in [-0.4, -0.2) is 0 Å². The summed E-state index contributed by atoms with van der Waals surface area (Å²) < 4.78 is 30.2. The molecule has 0 saturated carbocycles. The van der Waals surface area contributed by atoms with Crippen LogP contribution in [0.3, 0.4) is 0 Å². The maximum absolute atomic E-state index is 12.8. The van der Waals surface area contributed by atoms with Crippen molar-refractivity contribution in [2.24, 2.45) is 0 Å². The first kappa shape index (κ1) is 6.34. The molecule has 0 aliphatic rings. The van der Waals surface area contributed by atoms with Gasteiger partial charge in [0.15, 0.2) is 0 Å². The van der Waals surface area contributed by atoms with E-state index in [2.05, 4.69) is 4.42 Å². The zero-order valence-corrected chi connectivity index (χ0v) is 5.47. The Kier molecular flexibility index (Phi) is 1.18. The predicted octanol–water partition coefficient (Wildman–Crippen LogP) is 2.71. The highest BCUT2D eigenvalue weighted by Gasteiger charge is 2.06. The summed E-state index contributed by atoms with van der Waals surface area (Å²) in [6.45, 7) is 0. The third-order valence-corrected chi connectivity index (χ3v) is 1.55. The first-order valence-corrected chi connectivity index (χ1v) is 3.09. The van der Waals surface area contributed by atoms with E-state index in [0.717, 1.165) is 12.1 Å². The monoisotopic (exact) mass is 154 g/mol. The fourth-order valence-corrected chi connectivity index (χ4v) is 0.993. The minimum absolute atomic E-state index is 0.185. The van der Waals surface area contributed by atoms with Crippen LogP contribution >= 0.6 is 0 Å².